The molecule has 0 aliphatic rings. The van der Waals surface area contributed by atoms with E-state index < -0.39 is 16.0 Å². The molecule has 1 aromatic carbocycles. The van der Waals surface area contributed by atoms with E-state index in [0.717, 1.165) is 10.4 Å². The Kier molecular flexibility index (Phi) is 7.23. The number of pyridine rings is 1. The number of thiophene rings is 1. The molecule has 0 amide bonds. The molecule has 0 atom stereocenters. The number of nitrogens with zero attached hydrogens (tertiary/aromatic N) is 3. The van der Waals surface area contributed by atoms with Crippen LogP contribution in [0.4, 0.5) is 0 Å². The first kappa shape index (κ1) is 22.8. The molecule has 3 aromatic heterocycles. The fourth-order valence-corrected chi connectivity index (χ4v) is 4.68. The number of sulfonamides is 1. The van der Waals surface area contributed by atoms with Gasteiger partial charge in [-0.25, -0.2) is 17.9 Å². The minimum atomic E-state index is -3.76. The average Bonchev–Trinajstić information content (AvgIpc) is 3.53. The molecule has 0 saturated heterocycles. The predicted octanol–water partition coefficient (Wildman–Crippen LogP) is 3.46. The van der Waals surface area contributed by atoms with Crippen LogP contribution in [-0.2, 0) is 27.7 Å². The Morgan fingerprint density at radius 3 is 2.85 bits per heavy atom. The summed E-state index contributed by atoms with van der Waals surface area (Å²) in [6.07, 6.45) is 4.20. The molecule has 3 heterocycles. The zero-order chi connectivity index (χ0) is 23.1. The highest BCUT2D eigenvalue weighted by Gasteiger charge is 2.17. The number of carbonyl (C=O) groups excluding carboxylic acids is 1. The summed E-state index contributed by atoms with van der Waals surface area (Å²) in [7, 11) is -3.76. The van der Waals surface area contributed by atoms with Crippen molar-refractivity contribution in [2.24, 2.45) is 0 Å². The van der Waals surface area contributed by atoms with E-state index in [4.69, 9.17) is 9.26 Å². The Balaban J connectivity index is 1.28. The van der Waals surface area contributed by atoms with Crippen LogP contribution in [0.1, 0.15) is 27.5 Å². The number of nitrogens with one attached hydrogen (secondary N) is 1. The van der Waals surface area contributed by atoms with Gasteiger partial charge in [-0.1, -0.05) is 17.3 Å². The predicted molar refractivity (Wildman–Crippen MR) is 121 cm³/mol. The normalized spacial score (nSPS) is 11.4. The monoisotopic (exact) mass is 484 g/mol. The maximum atomic E-state index is 12.5. The first-order valence-electron chi connectivity index (χ1n) is 10.0. The van der Waals surface area contributed by atoms with E-state index in [-0.39, 0.29) is 23.6 Å². The Bertz CT molecular complexity index is 1310. The summed E-state index contributed by atoms with van der Waals surface area (Å²) in [4.78, 5) is 21.6. The number of aromatic nitrogens is 3. The van der Waals surface area contributed by atoms with Crippen molar-refractivity contribution >= 4 is 27.3 Å². The standard InChI is InChI=1S/C22H20N4O5S2/c27-22(30-11-3-9-20-25-21(26-31-20)17-6-2-10-23-14-17)16-5-1-8-19(13-16)33(28,29)24-15-18-7-4-12-32-18/h1-2,4-8,10,12-14,24H,3,9,11,15H2. The van der Waals surface area contributed by atoms with Crippen molar-refractivity contribution in [3.8, 4) is 11.4 Å². The van der Waals surface area contributed by atoms with Crippen LogP contribution in [0.3, 0.4) is 0 Å². The van der Waals surface area contributed by atoms with E-state index in [9.17, 15) is 13.2 Å². The number of hydrogen-bond donors (Lipinski definition) is 1. The van der Waals surface area contributed by atoms with Gasteiger partial charge in [0, 0.05) is 35.8 Å². The average molecular weight is 485 g/mol. The highest BCUT2D eigenvalue weighted by Crippen LogP contribution is 2.16. The van der Waals surface area contributed by atoms with E-state index in [1.807, 2.05) is 23.6 Å². The van der Waals surface area contributed by atoms with Gasteiger partial charge in [-0.15, -0.1) is 11.3 Å². The summed E-state index contributed by atoms with van der Waals surface area (Å²) in [6, 6.07) is 13.1. The van der Waals surface area contributed by atoms with Gasteiger partial charge in [-0.3, -0.25) is 4.98 Å². The third kappa shape index (κ3) is 6.09. The van der Waals surface area contributed by atoms with Crippen molar-refractivity contribution < 1.29 is 22.5 Å². The lowest BCUT2D eigenvalue weighted by Crippen LogP contribution is -2.23. The van der Waals surface area contributed by atoms with Crippen LogP contribution in [-0.4, -0.2) is 36.1 Å². The van der Waals surface area contributed by atoms with Crippen LogP contribution in [0.2, 0.25) is 0 Å². The lowest BCUT2D eigenvalue weighted by atomic mass is 10.2. The third-order valence-electron chi connectivity index (χ3n) is 4.55. The highest BCUT2D eigenvalue weighted by molar-refractivity contribution is 7.89. The zero-order valence-corrected chi connectivity index (χ0v) is 19.0. The summed E-state index contributed by atoms with van der Waals surface area (Å²) < 4.78 is 38.1. The van der Waals surface area contributed by atoms with Gasteiger partial charge in [-0.2, -0.15) is 4.98 Å². The molecule has 4 aromatic rings. The molecular weight excluding hydrogens is 464 g/mol. The van der Waals surface area contributed by atoms with E-state index in [1.165, 1.54) is 35.6 Å². The van der Waals surface area contributed by atoms with Gasteiger partial charge in [-0.05, 0) is 48.2 Å². The Labute approximate surface area is 194 Å². The maximum Gasteiger partial charge on any atom is 0.338 e. The smallest absolute Gasteiger partial charge is 0.338 e. The zero-order valence-electron chi connectivity index (χ0n) is 17.4. The van der Waals surface area contributed by atoms with Crippen molar-refractivity contribution in [1.82, 2.24) is 19.8 Å². The molecule has 0 aliphatic heterocycles. The largest absolute Gasteiger partial charge is 0.462 e. The van der Waals surface area contributed by atoms with E-state index >= 15 is 0 Å². The van der Waals surface area contributed by atoms with Gasteiger partial charge in [0.1, 0.15) is 0 Å². The number of aryl methyl sites for hydroxylation is 1. The van der Waals surface area contributed by atoms with Crippen molar-refractivity contribution in [3.63, 3.8) is 0 Å². The number of rotatable bonds is 10. The molecule has 0 saturated carbocycles. The van der Waals surface area contributed by atoms with Gasteiger partial charge in [0.15, 0.2) is 0 Å². The second kappa shape index (κ2) is 10.5. The minimum absolute atomic E-state index is 0.00213. The van der Waals surface area contributed by atoms with E-state index in [1.54, 1.807) is 18.5 Å². The van der Waals surface area contributed by atoms with E-state index in [2.05, 4.69) is 19.8 Å². The molecule has 170 valence electrons. The molecular formula is C22H20N4O5S2. The molecule has 0 radical (unpaired) electrons. The van der Waals surface area contributed by atoms with Crippen LogP contribution in [0.25, 0.3) is 11.4 Å². The second-order valence-corrected chi connectivity index (χ2v) is 9.72. The molecule has 0 aliphatic carbocycles. The first-order valence-corrected chi connectivity index (χ1v) is 12.4. The molecule has 0 unspecified atom stereocenters. The van der Waals surface area contributed by atoms with Crippen molar-refractivity contribution in [3.05, 3.63) is 82.6 Å². The maximum absolute atomic E-state index is 12.5. The summed E-state index contributed by atoms with van der Waals surface area (Å²) in [5.74, 6) is 0.266. The minimum Gasteiger partial charge on any atom is -0.462 e. The number of carbonyl (C=O) groups is 1. The molecule has 11 heteroatoms. The lowest BCUT2D eigenvalue weighted by Gasteiger charge is -2.08. The van der Waals surface area contributed by atoms with Crippen LogP contribution in [0.15, 0.2) is 75.7 Å². The Hall–Kier alpha value is -3.41. The number of ether oxygens (including phenoxy) is 1. The molecule has 9 nitrogen and oxygen atoms in total. The van der Waals surface area contributed by atoms with Gasteiger partial charge < -0.3 is 9.26 Å². The molecule has 4 rings (SSSR count). The fraction of sp³-hybridized carbons (Fsp3) is 0.182. The van der Waals surface area contributed by atoms with Crippen LogP contribution in [0.5, 0.6) is 0 Å². The topological polar surface area (TPSA) is 124 Å². The fourth-order valence-electron chi connectivity index (χ4n) is 2.89. The van der Waals surface area contributed by atoms with Gasteiger partial charge in [0.25, 0.3) is 0 Å². The van der Waals surface area contributed by atoms with Gasteiger partial charge in [0.2, 0.25) is 21.7 Å². The van der Waals surface area contributed by atoms with Crippen LogP contribution < -0.4 is 4.72 Å². The number of esters is 1. The summed E-state index contributed by atoms with van der Waals surface area (Å²) in [5.41, 5.74) is 0.907. The highest BCUT2D eigenvalue weighted by atomic mass is 32.2. The van der Waals surface area contributed by atoms with Crippen LogP contribution in [0, 0.1) is 0 Å². The SMILES string of the molecule is O=C(OCCCc1nc(-c2cccnc2)no1)c1cccc(S(=O)(=O)NCc2cccs2)c1. The number of benzene rings is 1. The second-order valence-electron chi connectivity index (χ2n) is 6.92. The third-order valence-corrected chi connectivity index (χ3v) is 6.83. The first-order chi connectivity index (χ1) is 16.0. The summed E-state index contributed by atoms with van der Waals surface area (Å²) >= 11 is 1.46. The van der Waals surface area contributed by atoms with Crippen molar-refractivity contribution in [2.75, 3.05) is 6.61 Å². The summed E-state index contributed by atoms with van der Waals surface area (Å²) in [5, 5.41) is 5.79. The Morgan fingerprint density at radius 1 is 1.15 bits per heavy atom. The quantitative estimate of drug-likeness (QED) is 0.268. The van der Waals surface area contributed by atoms with E-state index in [0.29, 0.717) is 24.6 Å². The lowest BCUT2D eigenvalue weighted by molar-refractivity contribution is 0.0498. The molecule has 0 fully saturated rings. The van der Waals surface area contributed by atoms with Crippen LogP contribution >= 0.6 is 11.3 Å². The molecule has 0 bridgehead atoms. The molecule has 1 N–H and O–H groups in total. The van der Waals surface area contributed by atoms with Gasteiger partial charge in [0.05, 0.1) is 17.1 Å². The molecule has 33 heavy (non-hydrogen) atoms. The van der Waals surface area contributed by atoms with Gasteiger partial charge >= 0.3 is 5.97 Å². The summed E-state index contributed by atoms with van der Waals surface area (Å²) in [6.45, 7) is 0.309. The van der Waals surface area contributed by atoms with Crippen molar-refractivity contribution in [2.45, 2.75) is 24.3 Å². The Morgan fingerprint density at radius 2 is 2.06 bits per heavy atom. The van der Waals surface area contributed by atoms with Crippen molar-refractivity contribution in [1.29, 1.82) is 0 Å². The number of hydrogen-bond acceptors (Lipinski definition) is 9. The molecule has 0 spiro atoms.